The Morgan fingerprint density at radius 3 is 2.12 bits per heavy atom. The largest absolute Gasteiger partial charge is 0.445 e. The maximum absolute atomic E-state index is 12.9. The molecule has 8 nitrogen and oxygen atoms in total. The topological polar surface area (TPSA) is 128 Å². The first-order valence-electron chi connectivity index (χ1n) is 10.8. The molecule has 0 saturated carbocycles. The maximum atomic E-state index is 12.9. The van der Waals surface area contributed by atoms with E-state index in [-0.39, 0.29) is 24.7 Å². The molecule has 4 N–H and O–H groups in total. The number of primary amides is 1. The summed E-state index contributed by atoms with van der Waals surface area (Å²) in [5.74, 6) is -1.04. The van der Waals surface area contributed by atoms with Gasteiger partial charge in [0.1, 0.15) is 18.7 Å². The standard InChI is InChI=1S/C24H31N3O5S/c1-17(2)15-21(27-24(30)32-16-18-9-5-3-6-10-18)23(29)26-20(22(25)28)13-14-33(31)19-11-7-4-8-12-19/h3-12,17,20-21H,13-16H2,1-2H3,(H2,25,28)(H,26,29)(H,27,30)/t20-,21-,33-/m0/s1. The van der Waals surface area contributed by atoms with Crippen LogP contribution in [0, 0.1) is 5.92 Å². The summed E-state index contributed by atoms with van der Waals surface area (Å²) >= 11 is 0. The number of carbonyl (C=O) groups is 3. The van der Waals surface area contributed by atoms with Crippen LogP contribution in [-0.4, -0.2) is 40.0 Å². The molecule has 3 atom stereocenters. The molecule has 0 unspecified atom stereocenters. The average Bonchev–Trinajstić information content (AvgIpc) is 2.80. The number of nitrogens with two attached hydrogens (primary N) is 1. The third-order valence-corrected chi connectivity index (χ3v) is 6.19. The molecule has 0 spiro atoms. The smallest absolute Gasteiger partial charge is 0.408 e. The number of alkyl carbamates (subject to hydrolysis) is 1. The molecule has 9 heteroatoms. The Kier molecular flexibility index (Phi) is 10.6. The summed E-state index contributed by atoms with van der Waals surface area (Å²) in [6.45, 7) is 3.88. The van der Waals surface area contributed by atoms with Gasteiger partial charge in [-0.2, -0.15) is 0 Å². The molecule has 0 saturated heterocycles. The van der Waals surface area contributed by atoms with Gasteiger partial charge in [-0.1, -0.05) is 62.4 Å². The minimum Gasteiger partial charge on any atom is -0.445 e. The fraction of sp³-hybridized carbons (Fsp3) is 0.375. The second-order valence-electron chi connectivity index (χ2n) is 8.00. The highest BCUT2D eigenvalue weighted by molar-refractivity contribution is 7.85. The molecule has 0 aliphatic rings. The highest BCUT2D eigenvalue weighted by Gasteiger charge is 2.27. The molecule has 0 aliphatic heterocycles. The van der Waals surface area contributed by atoms with Gasteiger partial charge in [-0.25, -0.2) is 4.79 Å². The van der Waals surface area contributed by atoms with Crippen LogP contribution in [0.15, 0.2) is 65.6 Å². The van der Waals surface area contributed by atoms with Crippen molar-refractivity contribution in [3.05, 3.63) is 66.2 Å². The fourth-order valence-corrected chi connectivity index (χ4v) is 4.23. The predicted octanol–water partition coefficient (Wildman–Crippen LogP) is 2.50. The Labute approximate surface area is 196 Å². The van der Waals surface area contributed by atoms with Gasteiger partial charge in [-0.3, -0.25) is 13.8 Å². The van der Waals surface area contributed by atoms with Crippen molar-refractivity contribution in [1.29, 1.82) is 0 Å². The minimum atomic E-state index is -1.33. The average molecular weight is 474 g/mol. The SMILES string of the molecule is CC(C)C[C@H](NC(=O)OCc1ccccc1)C(=O)N[C@@H](CC[S@](=O)c1ccccc1)C(N)=O. The third kappa shape index (κ3) is 9.44. The van der Waals surface area contributed by atoms with Crippen LogP contribution < -0.4 is 16.4 Å². The van der Waals surface area contributed by atoms with E-state index in [0.29, 0.717) is 11.3 Å². The zero-order valence-electron chi connectivity index (χ0n) is 18.9. The van der Waals surface area contributed by atoms with Gasteiger partial charge < -0.3 is 21.1 Å². The molecule has 0 bridgehead atoms. The van der Waals surface area contributed by atoms with Crippen LogP contribution in [0.2, 0.25) is 0 Å². The van der Waals surface area contributed by atoms with Gasteiger partial charge in [0.05, 0.1) is 10.8 Å². The number of carbonyl (C=O) groups excluding carboxylic acids is 3. The van der Waals surface area contributed by atoms with Gasteiger partial charge in [0.15, 0.2) is 0 Å². The van der Waals surface area contributed by atoms with E-state index in [0.717, 1.165) is 5.56 Å². The van der Waals surface area contributed by atoms with Crippen molar-refractivity contribution in [2.45, 2.75) is 50.3 Å². The van der Waals surface area contributed by atoms with Crippen LogP contribution in [0.25, 0.3) is 0 Å². The molecule has 33 heavy (non-hydrogen) atoms. The van der Waals surface area contributed by atoms with E-state index in [9.17, 15) is 18.6 Å². The molecular formula is C24H31N3O5S. The van der Waals surface area contributed by atoms with Crippen LogP contribution in [0.5, 0.6) is 0 Å². The van der Waals surface area contributed by atoms with Crippen molar-refractivity contribution in [3.63, 3.8) is 0 Å². The lowest BCUT2D eigenvalue weighted by atomic mass is 10.0. The zero-order valence-corrected chi connectivity index (χ0v) is 19.7. The van der Waals surface area contributed by atoms with Gasteiger partial charge in [-0.15, -0.1) is 0 Å². The summed E-state index contributed by atoms with van der Waals surface area (Å²) in [5.41, 5.74) is 6.28. The van der Waals surface area contributed by atoms with E-state index >= 15 is 0 Å². The normalized spacial score (nSPS) is 13.5. The van der Waals surface area contributed by atoms with E-state index < -0.39 is 40.8 Å². The van der Waals surface area contributed by atoms with E-state index in [1.165, 1.54) is 0 Å². The van der Waals surface area contributed by atoms with E-state index in [2.05, 4.69) is 10.6 Å². The van der Waals surface area contributed by atoms with Crippen molar-refractivity contribution in [3.8, 4) is 0 Å². The monoisotopic (exact) mass is 473 g/mol. The molecular weight excluding hydrogens is 442 g/mol. The summed E-state index contributed by atoms with van der Waals surface area (Å²) in [6.07, 6.45) is -0.288. The lowest BCUT2D eigenvalue weighted by molar-refractivity contribution is -0.128. The van der Waals surface area contributed by atoms with Crippen LogP contribution in [0.1, 0.15) is 32.3 Å². The Balaban J connectivity index is 1.94. The first-order chi connectivity index (χ1) is 15.8. The highest BCUT2D eigenvalue weighted by atomic mass is 32.2. The predicted molar refractivity (Wildman–Crippen MR) is 126 cm³/mol. The first kappa shape index (κ1) is 26.1. The number of ether oxygens (including phenoxy) is 1. The van der Waals surface area contributed by atoms with Crippen molar-refractivity contribution in [1.82, 2.24) is 10.6 Å². The molecule has 0 fully saturated rings. The first-order valence-corrected chi connectivity index (χ1v) is 12.1. The van der Waals surface area contributed by atoms with Crippen molar-refractivity contribution in [2.24, 2.45) is 11.7 Å². The second kappa shape index (κ2) is 13.4. The van der Waals surface area contributed by atoms with Crippen molar-refractivity contribution < 1.29 is 23.3 Å². The van der Waals surface area contributed by atoms with Crippen molar-refractivity contribution >= 4 is 28.7 Å². The minimum absolute atomic E-state index is 0.0674. The molecule has 2 aromatic carbocycles. The summed E-state index contributed by atoms with van der Waals surface area (Å²) in [5, 5.41) is 5.16. The molecule has 0 aliphatic carbocycles. The highest BCUT2D eigenvalue weighted by Crippen LogP contribution is 2.10. The second-order valence-corrected chi connectivity index (χ2v) is 9.57. The molecule has 0 radical (unpaired) electrons. The van der Waals surface area contributed by atoms with Crippen LogP contribution >= 0.6 is 0 Å². The van der Waals surface area contributed by atoms with Gasteiger partial charge in [0.25, 0.3) is 0 Å². The molecule has 0 aromatic heterocycles. The Morgan fingerprint density at radius 1 is 0.939 bits per heavy atom. The third-order valence-electron chi connectivity index (χ3n) is 4.79. The summed E-state index contributed by atoms with van der Waals surface area (Å²) in [7, 11) is -1.33. The lowest BCUT2D eigenvalue weighted by Crippen LogP contribution is -2.53. The fourth-order valence-electron chi connectivity index (χ4n) is 3.08. The van der Waals surface area contributed by atoms with Gasteiger partial charge in [-0.05, 0) is 36.5 Å². The van der Waals surface area contributed by atoms with E-state index in [1.54, 1.807) is 24.3 Å². The number of benzene rings is 2. The molecule has 2 rings (SSSR count). The Hall–Kier alpha value is -3.20. The van der Waals surface area contributed by atoms with Crippen LogP contribution in [-0.2, 0) is 31.7 Å². The molecule has 178 valence electrons. The summed E-state index contributed by atoms with van der Waals surface area (Å²) in [6, 6.07) is 16.1. The van der Waals surface area contributed by atoms with Gasteiger partial charge in [0.2, 0.25) is 11.8 Å². The number of nitrogens with one attached hydrogen (secondary N) is 2. The number of hydrogen-bond acceptors (Lipinski definition) is 5. The Bertz CT molecular complexity index is 938. The Morgan fingerprint density at radius 2 is 1.55 bits per heavy atom. The molecule has 0 heterocycles. The number of amides is 3. The quantitative estimate of drug-likeness (QED) is 0.436. The maximum Gasteiger partial charge on any atom is 0.408 e. The number of rotatable bonds is 12. The van der Waals surface area contributed by atoms with Crippen molar-refractivity contribution in [2.75, 3.05) is 5.75 Å². The molecule has 2 aromatic rings. The summed E-state index contributed by atoms with van der Waals surface area (Å²) < 4.78 is 17.7. The number of hydrogen-bond donors (Lipinski definition) is 3. The van der Waals surface area contributed by atoms with Crippen LogP contribution in [0.4, 0.5) is 4.79 Å². The van der Waals surface area contributed by atoms with Gasteiger partial charge in [0, 0.05) is 10.6 Å². The lowest BCUT2D eigenvalue weighted by Gasteiger charge is -2.23. The van der Waals surface area contributed by atoms with E-state index in [4.69, 9.17) is 10.5 Å². The van der Waals surface area contributed by atoms with Crippen LogP contribution in [0.3, 0.4) is 0 Å². The van der Waals surface area contributed by atoms with E-state index in [1.807, 2.05) is 50.2 Å². The zero-order chi connectivity index (χ0) is 24.2. The van der Waals surface area contributed by atoms with Gasteiger partial charge >= 0.3 is 6.09 Å². The molecule has 3 amide bonds. The summed E-state index contributed by atoms with van der Waals surface area (Å²) in [4.78, 5) is 37.7.